The summed E-state index contributed by atoms with van der Waals surface area (Å²) >= 11 is 5.97. The number of aromatic nitrogens is 4. The molecule has 0 unspecified atom stereocenters. The van der Waals surface area contributed by atoms with Crippen molar-refractivity contribution in [3.63, 3.8) is 0 Å². The van der Waals surface area contributed by atoms with E-state index in [0.29, 0.717) is 33.0 Å². The fourth-order valence-electron chi connectivity index (χ4n) is 3.66. The maximum atomic E-state index is 13.7. The van der Waals surface area contributed by atoms with Crippen LogP contribution in [0.4, 0.5) is 10.3 Å². The number of amides is 2. The number of hydrogen-bond donors (Lipinski definition) is 2. The SMILES string of the molecule is CN(C)C(=O)c1cccc2nc(C(=O)Nc3nc4cc(-c5cc(F)cc(Cl)c5)ccc4[nH]3)cn12. The first-order chi connectivity index (χ1) is 16.3. The predicted molar refractivity (Wildman–Crippen MR) is 128 cm³/mol. The van der Waals surface area contributed by atoms with Gasteiger partial charge in [0.2, 0.25) is 5.95 Å². The van der Waals surface area contributed by atoms with Gasteiger partial charge in [-0.15, -0.1) is 0 Å². The number of carbonyl (C=O) groups is 2. The van der Waals surface area contributed by atoms with Gasteiger partial charge in [-0.05, 0) is 53.6 Å². The van der Waals surface area contributed by atoms with E-state index in [2.05, 4.69) is 20.3 Å². The number of rotatable bonds is 4. The van der Waals surface area contributed by atoms with E-state index in [1.807, 2.05) is 6.07 Å². The molecule has 2 aromatic carbocycles. The average molecular weight is 477 g/mol. The average Bonchev–Trinajstić information content (AvgIpc) is 3.40. The second-order valence-electron chi connectivity index (χ2n) is 7.89. The molecule has 8 nitrogen and oxygen atoms in total. The van der Waals surface area contributed by atoms with Crippen LogP contribution in [0.1, 0.15) is 21.0 Å². The van der Waals surface area contributed by atoms with E-state index in [1.165, 1.54) is 23.2 Å². The molecule has 0 atom stereocenters. The zero-order valence-corrected chi connectivity index (χ0v) is 18.9. The van der Waals surface area contributed by atoms with Crippen molar-refractivity contribution in [2.45, 2.75) is 0 Å². The van der Waals surface area contributed by atoms with Gasteiger partial charge in [0.25, 0.3) is 11.8 Å². The lowest BCUT2D eigenvalue weighted by Gasteiger charge is -2.11. The highest BCUT2D eigenvalue weighted by Gasteiger charge is 2.18. The smallest absolute Gasteiger partial charge is 0.278 e. The molecule has 3 aromatic heterocycles. The summed E-state index contributed by atoms with van der Waals surface area (Å²) in [5.74, 6) is -0.887. The first-order valence-electron chi connectivity index (χ1n) is 10.3. The second-order valence-corrected chi connectivity index (χ2v) is 8.33. The van der Waals surface area contributed by atoms with E-state index in [4.69, 9.17) is 11.6 Å². The van der Waals surface area contributed by atoms with Gasteiger partial charge in [0.1, 0.15) is 22.9 Å². The summed E-state index contributed by atoms with van der Waals surface area (Å²) in [5, 5.41) is 3.00. The summed E-state index contributed by atoms with van der Waals surface area (Å²) in [5.41, 5.74) is 3.63. The van der Waals surface area contributed by atoms with Crippen molar-refractivity contribution in [1.82, 2.24) is 24.3 Å². The molecule has 0 spiro atoms. The summed E-state index contributed by atoms with van der Waals surface area (Å²) < 4.78 is 15.3. The molecule has 5 aromatic rings. The Kier molecular flexibility index (Phi) is 5.25. The van der Waals surface area contributed by atoms with E-state index in [0.717, 1.165) is 5.56 Å². The number of carbonyl (C=O) groups excluding carboxylic acids is 2. The lowest BCUT2D eigenvalue weighted by molar-refractivity contribution is 0.0820. The number of nitrogens with zero attached hydrogens (tertiary/aromatic N) is 4. The van der Waals surface area contributed by atoms with Crippen LogP contribution >= 0.6 is 11.6 Å². The molecule has 2 amide bonds. The van der Waals surface area contributed by atoms with Crippen LogP contribution in [0.25, 0.3) is 27.8 Å². The van der Waals surface area contributed by atoms with Crippen molar-refractivity contribution in [3.8, 4) is 11.1 Å². The quantitative estimate of drug-likeness (QED) is 0.395. The van der Waals surface area contributed by atoms with Gasteiger partial charge in [-0.25, -0.2) is 14.4 Å². The number of pyridine rings is 1. The fraction of sp³-hybridized carbons (Fsp3) is 0.0833. The summed E-state index contributed by atoms with van der Waals surface area (Å²) in [6.07, 6.45) is 1.51. The van der Waals surface area contributed by atoms with Gasteiger partial charge in [0.15, 0.2) is 0 Å². The summed E-state index contributed by atoms with van der Waals surface area (Å²) in [6.45, 7) is 0. The lowest BCUT2D eigenvalue weighted by atomic mass is 10.1. The first kappa shape index (κ1) is 21.6. The molecule has 0 saturated heterocycles. The van der Waals surface area contributed by atoms with Crippen LogP contribution < -0.4 is 5.32 Å². The third-order valence-corrected chi connectivity index (χ3v) is 5.48. The number of aromatic amines is 1. The Bertz CT molecular complexity index is 1570. The predicted octanol–water partition coefficient (Wildman–Crippen LogP) is 4.62. The third kappa shape index (κ3) is 3.97. The third-order valence-electron chi connectivity index (χ3n) is 5.26. The minimum absolute atomic E-state index is 0.134. The molecule has 5 rings (SSSR count). The van der Waals surface area contributed by atoms with E-state index in [9.17, 15) is 14.0 Å². The first-order valence-corrected chi connectivity index (χ1v) is 10.6. The van der Waals surface area contributed by atoms with Gasteiger partial charge in [0.05, 0.1) is 11.0 Å². The van der Waals surface area contributed by atoms with Crippen LogP contribution in [-0.4, -0.2) is 50.2 Å². The molecule has 0 bridgehead atoms. The number of fused-ring (bicyclic) bond motifs is 2. The number of hydrogen-bond acceptors (Lipinski definition) is 4. The van der Waals surface area contributed by atoms with Crippen molar-refractivity contribution in [3.05, 3.63) is 83.0 Å². The van der Waals surface area contributed by atoms with Crippen LogP contribution in [-0.2, 0) is 0 Å². The molecule has 0 saturated carbocycles. The molecule has 3 heterocycles. The highest BCUT2D eigenvalue weighted by Crippen LogP contribution is 2.27. The normalized spacial score (nSPS) is 11.2. The molecule has 0 aliphatic rings. The van der Waals surface area contributed by atoms with Gasteiger partial charge >= 0.3 is 0 Å². The van der Waals surface area contributed by atoms with E-state index < -0.39 is 11.7 Å². The monoisotopic (exact) mass is 476 g/mol. The zero-order valence-electron chi connectivity index (χ0n) is 18.1. The molecule has 0 radical (unpaired) electrons. The summed E-state index contributed by atoms with van der Waals surface area (Å²) in [4.78, 5) is 38.5. The maximum absolute atomic E-state index is 13.7. The highest BCUT2D eigenvalue weighted by atomic mass is 35.5. The van der Waals surface area contributed by atoms with Gasteiger partial charge in [0, 0.05) is 25.3 Å². The zero-order chi connectivity index (χ0) is 24.0. The molecule has 34 heavy (non-hydrogen) atoms. The Labute approximate surface area is 198 Å². The van der Waals surface area contributed by atoms with Crippen LogP contribution in [0.3, 0.4) is 0 Å². The number of halogens is 2. The van der Waals surface area contributed by atoms with Crippen LogP contribution in [0.15, 0.2) is 60.8 Å². The van der Waals surface area contributed by atoms with Crippen LogP contribution in [0.2, 0.25) is 5.02 Å². The Balaban J connectivity index is 1.43. The lowest BCUT2D eigenvalue weighted by Crippen LogP contribution is -2.23. The van der Waals surface area contributed by atoms with Gasteiger partial charge in [-0.2, -0.15) is 0 Å². The van der Waals surface area contributed by atoms with Crippen molar-refractivity contribution >= 4 is 46.0 Å². The Morgan fingerprint density at radius 3 is 2.65 bits per heavy atom. The van der Waals surface area contributed by atoms with Crippen molar-refractivity contribution in [2.75, 3.05) is 19.4 Å². The number of nitrogens with one attached hydrogen (secondary N) is 2. The highest BCUT2D eigenvalue weighted by molar-refractivity contribution is 6.30. The summed E-state index contributed by atoms with van der Waals surface area (Å²) in [7, 11) is 3.31. The molecule has 0 aliphatic heterocycles. The number of benzene rings is 2. The van der Waals surface area contributed by atoms with Crippen molar-refractivity contribution in [2.24, 2.45) is 0 Å². The number of anilines is 1. The number of H-pyrrole nitrogens is 1. The molecular weight excluding hydrogens is 459 g/mol. The standard InChI is InChI=1S/C24H18ClFN6O2/c1-31(2)23(34)20-4-3-5-21-27-19(12-32(20)21)22(33)30-24-28-17-7-6-13(10-18(17)29-24)14-8-15(25)11-16(26)9-14/h3-12H,1-2H3,(H2,28,29,30,33). The molecule has 0 aliphatic carbocycles. The van der Waals surface area contributed by atoms with Gasteiger partial charge < -0.3 is 9.88 Å². The Morgan fingerprint density at radius 2 is 1.88 bits per heavy atom. The van der Waals surface area contributed by atoms with Crippen LogP contribution in [0, 0.1) is 5.82 Å². The fourth-order valence-corrected chi connectivity index (χ4v) is 3.88. The molecule has 10 heteroatoms. The summed E-state index contributed by atoms with van der Waals surface area (Å²) in [6, 6.07) is 14.8. The van der Waals surface area contributed by atoms with Crippen molar-refractivity contribution in [1.29, 1.82) is 0 Å². The van der Waals surface area contributed by atoms with Crippen LogP contribution in [0.5, 0.6) is 0 Å². The maximum Gasteiger partial charge on any atom is 0.278 e. The van der Waals surface area contributed by atoms with E-state index in [1.54, 1.807) is 54.9 Å². The van der Waals surface area contributed by atoms with Gasteiger partial charge in [-0.1, -0.05) is 23.7 Å². The van der Waals surface area contributed by atoms with E-state index >= 15 is 0 Å². The molecule has 2 N–H and O–H groups in total. The minimum atomic E-state index is -0.483. The largest absolute Gasteiger partial charge is 0.343 e. The van der Waals surface area contributed by atoms with Gasteiger partial charge in [-0.3, -0.25) is 19.3 Å². The second kappa shape index (κ2) is 8.27. The Morgan fingerprint density at radius 1 is 1.06 bits per heavy atom. The number of imidazole rings is 2. The minimum Gasteiger partial charge on any atom is -0.343 e. The molecule has 170 valence electrons. The molecular formula is C24H18ClFN6O2. The topological polar surface area (TPSA) is 95.4 Å². The van der Waals surface area contributed by atoms with E-state index in [-0.39, 0.29) is 17.5 Å². The van der Waals surface area contributed by atoms with Crippen molar-refractivity contribution < 1.29 is 14.0 Å². The molecule has 0 fully saturated rings. The Hall–Kier alpha value is -4.24.